The van der Waals surface area contributed by atoms with E-state index in [-0.39, 0.29) is 5.97 Å². The first-order chi connectivity index (χ1) is 9.74. The van der Waals surface area contributed by atoms with Crippen molar-refractivity contribution < 1.29 is 9.53 Å². The molecule has 2 aromatic rings. The van der Waals surface area contributed by atoms with E-state index >= 15 is 0 Å². The summed E-state index contributed by atoms with van der Waals surface area (Å²) in [7, 11) is 1.40. The summed E-state index contributed by atoms with van der Waals surface area (Å²) >= 11 is 1.67. The Balaban J connectivity index is 2.25. The van der Waals surface area contributed by atoms with Gasteiger partial charge < -0.3 is 10.1 Å². The lowest BCUT2D eigenvalue weighted by Gasteiger charge is -2.18. The van der Waals surface area contributed by atoms with Gasteiger partial charge in [-0.1, -0.05) is 30.3 Å². The molecule has 0 radical (unpaired) electrons. The summed E-state index contributed by atoms with van der Waals surface area (Å²) in [5, 5.41) is 3.20. The molecule has 0 heterocycles. The molecule has 1 atom stereocenters. The van der Waals surface area contributed by atoms with E-state index in [4.69, 9.17) is 4.74 Å². The second kappa shape index (κ2) is 7.01. The van der Waals surface area contributed by atoms with Crippen LogP contribution in [0, 0.1) is 0 Å². The number of ether oxygens (including phenoxy) is 1. The van der Waals surface area contributed by atoms with Gasteiger partial charge in [-0.3, -0.25) is 0 Å². The number of benzene rings is 2. The number of anilines is 1. The van der Waals surface area contributed by atoms with Crippen LogP contribution in [-0.4, -0.2) is 19.3 Å². The number of hydrogen-bond donors (Lipinski definition) is 1. The van der Waals surface area contributed by atoms with Crippen molar-refractivity contribution in [1.82, 2.24) is 0 Å². The van der Waals surface area contributed by atoms with Gasteiger partial charge in [-0.2, -0.15) is 0 Å². The third kappa shape index (κ3) is 3.54. The number of thioether (sulfide) groups is 1. The van der Waals surface area contributed by atoms with E-state index in [1.807, 2.05) is 60.9 Å². The zero-order valence-electron chi connectivity index (χ0n) is 11.5. The molecule has 0 aliphatic heterocycles. The zero-order chi connectivity index (χ0) is 14.4. The van der Waals surface area contributed by atoms with E-state index in [1.54, 1.807) is 11.8 Å². The molecule has 0 bridgehead atoms. The standard InChI is InChI=1S/C16H17NO2S/c1-19-16(18)15(17-13-6-4-3-5-7-13)12-8-10-14(20-2)11-9-12/h3-11,15,17H,1-2H3. The fourth-order valence-corrected chi connectivity index (χ4v) is 2.30. The Labute approximate surface area is 123 Å². The maximum Gasteiger partial charge on any atom is 0.332 e. The number of carbonyl (C=O) groups excluding carboxylic acids is 1. The van der Waals surface area contributed by atoms with Gasteiger partial charge in [-0.05, 0) is 36.1 Å². The van der Waals surface area contributed by atoms with Gasteiger partial charge in [0.25, 0.3) is 0 Å². The Hall–Kier alpha value is -1.94. The molecule has 0 spiro atoms. The highest BCUT2D eigenvalue weighted by Gasteiger charge is 2.21. The SMILES string of the molecule is COC(=O)C(Nc1ccccc1)c1ccc(SC)cc1. The third-order valence-corrected chi connectivity index (χ3v) is 3.71. The molecule has 0 saturated heterocycles. The van der Waals surface area contributed by atoms with Gasteiger partial charge in [0.15, 0.2) is 6.04 Å². The fraction of sp³-hybridized carbons (Fsp3) is 0.188. The lowest BCUT2D eigenvalue weighted by Crippen LogP contribution is -2.22. The first-order valence-corrected chi connectivity index (χ1v) is 7.50. The molecule has 0 aromatic heterocycles. The second-order valence-corrected chi connectivity index (χ2v) is 5.12. The number of hydrogen-bond acceptors (Lipinski definition) is 4. The van der Waals surface area contributed by atoms with Crippen LogP contribution in [0.2, 0.25) is 0 Å². The summed E-state index contributed by atoms with van der Waals surface area (Å²) in [6.07, 6.45) is 2.02. The van der Waals surface area contributed by atoms with Crippen molar-refractivity contribution in [3.05, 3.63) is 60.2 Å². The molecule has 0 aliphatic rings. The smallest absolute Gasteiger partial charge is 0.332 e. The number of carbonyl (C=O) groups is 1. The molecule has 0 amide bonds. The molecular weight excluding hydrogens is 270 g/mol. The molecule has 20 heavy (non-hydrogen) atoms. The van der Waals surface area contributed by atoms with Gasteiger partial charge in [-0.15, -0.1) is 11.8 Å². The monoisotopic (exact) mass is 287 g/mol. The molecule has 0 saturated carbocycles. The van der Waals surface area contributed by atoms with E-state index in [9.17, 15) is 4.79 Å². The summed E-state index contributed by atoms with van der Waals surface area (Å²) in [5.74, 6) is -0.300. The lowest BCUT2D eigenvalue weighted by atomic mass is 10.1. The summed E-state index contributed by atoms with van der Waals surface area (Å²) in [6.45, 7) is 0. The van der Waals surface area contributed by atoms with Gasteiger partial charge in [0.1, 0.15) is 0 Å². The minimum absolute atomic E-state index is 0.300. The Morgan fingerprint density at radius 3 is 2.30 bits per heavy atom. The Morgan fingerprint density at radius 2 is 1.75 bits per heavy atom. The molecular formula is C16H17NO2S. The molecule has 2 aromatic carbocycles. The fourth-order valence-electron chi connectivity index (χ4n) is 1.89. The Bertz CT molecular complexity index is 554. The number of para-hydroxylation sites is 1. The van der Waals surface area contributed by atoms with Crippen LogP contribution in [0.3, 0.4) is 0 Å². The van der Waals surface area contributed by atoms with Gasteiger partial charge in [0, 0.05) is 10.6 Å². The molecule has 4 heteroatoms. The van der Waals surface area contributed by atoms with E-state index in [0.717, 1.165) is 16.1 Å². The summed E-state index contributed by atoms with van der Waals surface area (Å²) in [4.78, 5) is 13.1. The van der Waals surface area contributed by atoms with E-state index in [1.165, 1.54) is 7.11 Å². The second-order valence-electron chi connectivity index (χ2n) is 4.24. The topological polar surface area (TPSA) is 38.3 Å². The number of methoxy groups -OCH3 is 1. The molecule has 1 unspecified atom stereocenters. The number of esters is 1. The van der Waals surface area contributed by atoms with Crippen LogP contribution < -0.4 is 5.32 Å². The quantitative estimate of drug-likeness (QED) is 0.671. The van der Waals surface area contributed by atoms with Crippen molar-refractivity contribution >= 4 is 23.4 Å². The highest BCUT2D eigenvalue weighted by molar-refractivity contribution is 7.98. The maximum atomic E-state index is 12.0. The number of nitrogens with one attached hydrogen (secondary N) is 1. The van der Waals surface area contributed by atoms with Gasteiger partial charge in [0.2, 0.25) is 0 Å². The van der Waals surface area contributed by atoms with Crippen LogP contribution >= 0.6 is 11.8 Å². The van der Waals surface area contributed by atoms with Gasteiger partial charge >= 0.3 is 5.97 Å². The highest BCUT2D eigenvalue weighted by Crippen LogP contribution is 2.23. The molecule has 0 fully saturated rings. The van der Waals surface area contributed by atoms with Crippen LogP contribution in [0.15, 0.2) is 59.5 Å². The molecule has 0 aliphatic carbocycles. The minimum Gasteiger partial charge on any atom is -0.467 e. The molecule has 104 valence electrons. The average Bonchev–Trinajstić information content (AvgIpc) is 2.53. The summed E-state index contributed by atoms with van der Waals surface area (Å²) < 4.78 is 4.89. The summed E-state index contributed by atoms with van der Waals surface area (Å²) in [5.41, 5.74) is 1.77. The minimum atomic E-state index is -0.502. The zero-order valence-corrected chi connectivity index (χ0v) is 12.3. The molecule has 3 nitrogen and oxygen atoms in total. The van der Waals surface area contributed by atoms with Crippen LogP contribution in [0.5, 0.6) is 0 Å². The van der Waals surface area contributed by atoms with Crippen LogP contribution in [0.1, 0.15) is 11.6 Å². The predicted octanol–water partition coefficient (Wildman–Crippen LogP) is 3.73. The van der Waals surface area contributed by atoms with Crippen LogP contribution in [-0.2, 0) is 9.53 Å². The van der Waals surface area contributed by atoms with Gasteiger partial charge in [-0.25, -0.2) is 4.79 Å². The predicted molar refractivity (Wildman–Crippen MR) is 83.0 cm³/mol. The van der Waals surface area contributed by atoms with E-state index in [0.29, 0.717) is 0 Å². The first kappa shape index (κ1) is 14.5. The van der Waals surface area contributed by atoms with Crippen molar-refractivity contribution in [2.24, 2.45) is 0 Å². The Morgan fingerprint density at radius 1 is 1.10 bits per heavy atom. The van der Waals surface area contributed by atoms with Crippen LogP contribution in [0.4, 0.5) is 5.69 Å². The first-order valence-electron chi connectivity index (χ1n) is 6.28. The van der Waals surface area contributed by atoms with E-state index in [2.05, 4.69) is 5.32 Å². The molecule has 2 rings (SSSR count). The van der Waals surface area contributed by atoms with Crippen molar-refractivity contribution in [2.75, 3.05) is 18.7 Å². The maximum absolute atomic E-state index is 12.0. The van der Waals surface area contributed by atoms with Crippen LogP contribution in [0.25, 0.3) is 0 Å². The van der Waals surface area contributed by atoms with Crippen molar-refractivity contribution in [2.45, 2.75) is 10.9 Å². The van der Waals surface area contributed by atoms with Crippen molar-refractivity contribution in [1.29, 1.82) is 0 Å². The van der Waals surface area contributed by atoms with Crippen molar-refractivity contribution in [3.8, 4) is 0 Å². The molecule has 1 N–H and O–H groups in total. The van der Waals surface area contributed by atoms with Crippen molar-refractivity contribution in [3.63, 3.8) is 0 Å². The normalized spacial score (nSPS) is 11.7. The summed E-state index contributed by atoms with van der Waals surface area (Å²) in [6, 6.07) is 17.0. The third-order valence-electron chi connectivity index (χ3n) is 2.97. The highest BCUT2D eigenvalue weighted by atomic mass is 32.2. The number of rotatable bonds is 5. The average molecular weight is 287 g/mol. The van der Waals surface area contributed by atoms with E-state index < -0.39 is 6.04 Å². The lowest BCUT2D eigenvalue weighted by molar-refractivity contribution is -0.141. The Kier molecular flexibility index (Phi) is 5.07. The largest absolute Gasteiger partial charge is 0.467 e. The van der Waals surface area contributed by atoms with Gasteiger partial charge in [0.05, 0.1) is 7.11 Å².